The van der Waals surface area contributed by atoms with Gasteiger partial charge in [0.25, 0.3) is 0 Å². The summed E-state index contributed by atoms with van der Waals surface area (Å²) >= 11 is 6.98. The quantitative estimate of drug-likeness (QED) is 0.436. The van der Waals surface area contributed by atoms with Crippen molar-refractivity contribution in [3.05, 3.63) is 68.6 Å². The Labute approximate surface area is 185 Å². The highest BCUT2D eigenvalue weighted by molar-refractivity contribution is 9.10. The molecule has 1 aliphatic rings. The molecule has 4 nitrogen and oxygen atoms in total. The lowest BCUT2D eigenvalue weighted by Crippen LogP contribution is -2.28. The lowest BCUT2D eigenvalue weighted by atomic mass is 9.91. The average molecular weight is 533 g/mol. The van der Waals surface area contributed by atoms with Crippen LogP contribution in [-0.4, -0.2) is 27.3 Å². The zero-order valence-electron chi connectivity index (χ0n) is 16.4. The Morgan fingerprint density at radius 1 is 0.929 bits per heavy atom. The van der Waals surface area contributed by atoms with Gasteiger partial charge in [0.1, 0.15) is 0 Å². The second kappa shape index (κ2) is 12.3. The molecule has 1 heterocycles. The molecule has 0 atom stereocenters. The van der Waals surface area contributed by atoms with E-state index in [2.05, 4.69) is 61.4 Å². The van der Waals surface area contributed by atoms with Gasteiger partial charge >= 0.3 is 7.60 Å². The molecule has 0 unspecified atom stereocenters. The Bertz CT molecular complexity index is 774. The Hall–Kier alpha value is -0.490. The minimum absolute atomic E-state index is 0.279. The molecule has 2 aromatic carbocycles. The van der Waals surface area contributed by atoms with Crippen LogP contribution in [0.5, 0.6) is 0 Å². The Morgan fingerprint density at radius 2 is 1.43 bits per heavy atom. The van der Waals surface area contributed by atoms with E-state index in [1.54, 1.807) is 0 Å². The first-order valence-corrected chi connectivity index (χ1v) is 12.7. The van der Waals surface area contributed by atoms with Gasteiger partial charge in [-0.25, -0.2) is 0 Å². The van der Waals surface area contributed by atoms with Crippen molar-refractivity contribution in [1.82, 2.24) is 5.32 Å². The lowest BCUT2D eigenvalue weighted by molar-refractivity contribution is 0.274. The first-order chi connectivity index (χ1) is 13.5. The van der Waals surface area contributed by atoms with E-state index in [0.717, 1.165) is 16.0 Å². The number of rotatable bonds is 6. The summed E-state index contributed by atoms with van der Waals surface area (Å²) in [4.78, 5) is 0. The first kappa shape index (κ1) is 23.8. The molecular weight excluding hydrogens is 505 g/mol. The van der Waals surface area contributed by atoms with Gasteiger partial charge in [0.05, 0.1) is 6.16 Å². The van der Waals surface area contributed by atoms with Crippen LogP contribution in [0, 0.1) is 5.92 Å². The molecule has 0 amide bonds. The Balaban J connectivity index is 0.000000200. The molecule has 0 aromatic heterocycles. The van der Waals surface area contributed by atoms with E-state index in [-0.39, 0.29) is 6.16 Å². The van der Waals surface area contributed by atoms with E-state index in [1.165, 1.54) is 56.6 Å². The molecule has 3 rings (SSSR count). The van der Waals surface area contributed by atoms with Crippen molar-refractivity contribution in [2.75, 3.05) is 27.3 Å². The first-order valence-electron chi connectivity index (χ1n) is 9.35. The smallest absolute Gasteiger partial charge is 0.317 e. The van der Waals surface area contributed by atoms with Crippen LogP contribution < -0.4 is 5.32 Å². The topological polar surface area (TPSA) is 47.6 Å². The molecule has 0 radical (unpaired) electrons. The molecule has 2 aromatic rings. The van der Waals surface area contributed by atoms with E-state index in [0.29, 0.717) is 0 Å². The number of hydrogen-bond donors (Lipinski definition) is 1. The van der Waals surface area contributed by atoms with Crippen molar-refractivity contribution in [3.8, 4) is 0 Å². The largest absolute Gasteiger partial charge is 0.334 e. The standard InChI is InChI=1S/C12H16BrN.C9H12BrO3P/c13-12-4-2-1-3-11(12)9-10-5-7-14-8-6-10;1-12-14(11,13-2)7-8-5-3-4-6-9(8)10/h1-4,10,14H,5-9H2;3-6H,7H2,1-2H3. The lowest BCUT2D eigenvalue weighted by Gasteiger charge is -2.22. The van der Waals surface area contributed by atoms with Crippen LogP contribution in [0.4, 0.5) is 0 Å². The van der Waals surface area contributed by atoms with Gasteiger partial charge < -0.3 is 14.4 Å². The van der Waals surface area contributed by atoms with Gasteiger partial charge in [0.15, 0.2) is 0 Å². The second-order valence-corrected chi connectivity index (χ2v) is 10.7. The summed E-state index contributed by atoms with van der Waals surface area (Å²) in [6.45, 7) is 2.38. The third-order valence-corrected chi connectivity index (χ3v) is 8.19. The van der Waals surface area contributed by atoms with E-state index in [9.17, 15) is 4.57 Å². The van der Waals surface area contributed by atoms with Crippen LogP contribution in [0.3, 0.4) is 0 Å². The summed E-state index contributed by atoms with van der Waals surface area (Å²) in [6, 6.07) is 16.1. The number of piperidine rings is 1. The predicted octanol–water partition coefficient (Wildman–Crippen LogP) is 6.43. The van der Waals surface area contributed by atoms with Gasteiger partial charge in [-0.15, -0.1) is 0 Å². The van der Waals surface area contributed by atoms with Crippen molar-refractivity contribution in [3.63, 3.8) is 0 Å². The Kier molecular flexibility index (Phi) is 10.4. The molecule has 1 saturated heterocycles. The highest BCUT2D eigenvalue weighted by atomic mass is 79.9. The third-order valence-electron chi connectivity index (χ3n) is 4.80. The van der Waals surface area contributed by atoms with Crippen molar-refractivity contribution in [2.45, 2.75) is 25.4 Å². The fraction of sp³-hybridized carbons (Fsp3) is 0.429. The van der Waals surface area contributed by atoms with Gasteiger partial charge in [-0.05, 0) is 61.5 Å². The van der Waals surface area contributed by atoms with Crippen LogP contribution in [0.25, 0.3) is 0 Å². The second-order valence-electron chi connectivity index (χ2n) is 6.71. The van der Waals surface area contributed by atoms with Crippen LogP contribution in [0.2, 0.25) is 0 Å². The molecule has 28 heavy (non-hydrogen) atoms. The normalized spacial score (nSPS) is 15.0. The molecule has 0 spiro atoms. The molecule has 1 N–H and O–H groups in total. The van der Waals surface area contributed by atoms with Gasteiger partial charge in [-0.3, -0.25) is 4.57 Å². The summed E-state index contributed by atoms with van der Waals surface area (Å²) in [5, 5.41) is 3.40. The van der Waals surface area contributed by atoms with Crippen LogP contribution >= 0.6 is 39.5 Å². The minimum Gasteiger partial charge on any atom is -0.317 e. The van der Waals surface area contributed by atoms with Crippen molar-refractivity contribution in [2.24, 2.45) is 5.92 Å². The van der Waals surface area contributed by atoms with Crippen LogP contribution in [0.1, 0.15) is 24.0 Å². The van der Waals surface area contributed by atoms with Crippen molar-refractivity contribution in [1.29, 1.82) is 0 Å². The summed E-state index contributed by atoms with van der Waals surface area (Å²) in [5.41, 5.74) is 2.37. The summed E-state index contributed by atoms with van der Waals surface area (Å²) in [6.07, 6.45) is 4.15. The van der Waals surface area contributed by atoms with E-state index >= 15 is 0 Å². The van der Waals surface area contributed by atoms with Gasteiger partial charge in [0, 0.05) is 23.2 Å². The van der Waals surface area contributed by atoms with E-state index in [1.807, 2.05) is 24.3 Å². The molecule has 0 aliphatic carbocycles. The van der Waals surface area contributed by atoms with Crippen LogP contribution in [0.15, 0.2) is 57.5 Å². The van der Waals surface area contributed by atoms with E-state index < -0.39 is 7.60 Å². The third kappa shape index (κ3) is 7.74. The molecule has 7 heteroatoms. The monoisotopic (exact) mass is 531 g/mol. The molecular formula is C21H28Br2NO3P. The number of halogens is 2. The summed E-state index contributed by atoms with van der Waals surface area (Å²) < 4.78 is 23.7. The maximum absolute atomic E-state index is 11.8. The fourth-order valence-electron chi connectivity index (χ4n) is 3.10. The minimum atomic E-state index is -2.96. The molecule has 1 fully saturated rings. The summed E-state index contributed by atoms with van der Waals surface area (Å²) in [7, 11) is -0.180. The predicted molar refractivity (Wildman–Crippen MR) is 123 cm³/mol. The van der Waals surface area contributed by atoms with Gasteiger partial charge in [0.2, 0.25) is 0 Å². The van der Waals surface area contributed by atoms with Crippen molar-refractivity contribution >= 4 is 39.5 Å². The zero-order chi connectivity index (χ0) is 20.4. The number of benzene rings is 2. The Morgan fingerprint density at radius 3 is 1.93 bits per heavy atom. The molecule has 0 bridgehead atoms. The van der Waals surface area contributed by atoms with Gasteiger partial charge in [-0.1, -0.05) is 68.3 Å². The highest BCUT2D eigenvalue weighted by Gasteiger charge is 2.22. The molecule has 154 valence electrons. The maximum Gasteiger partial charge on any atom is 0.334 e. The number of hydrogen-bond acceptors (Lipinski definition) is 4. The summed E-state index contributed by atoms with van der Waals surface area (Å²) in [5.74, 6) is 0.870. The average Bonchev–Trinajstić information content (AvgIpc) is 2.73. The van der Waals surface area contributed by atoms with Crippen molar-refractivity contribution < 1.29 is 13.6 Å². The zero-order valence-corrected chi connectivity index (χ0v) is 20.4. The van der Waals surface area contributed by atoms with Gasteiger partial charge in [-0.2, -0.15) is 0 Å². The SMILES string of the molecule is Brc1ccccc1CC1CCNCC1.COP(=O)(Cc1ccccc1Br)OC. The number of nitrogens with one attached hydrogen (secondary N) is 1. The van der Waals surface area contributed by atoms with E-state index in [4.69, 9.17) is 9.05 Å². The maximum atomic E-state index is 11.8. The van der Waals surface area contributed by atoms with Crippen LogP contribution in [-0.2, 0) is 26.2 Å². The fourth-order valence-corrected chi connectivity index (χ4v) is 5.29. The molecule has 0 saturated carbocycles. The highest BCUT2D eigenvalue weighted by Crippen LogP contribution is 2.50. The molecule has 1 aliphatic heterocycles.